The molecule has 1 aromatic heterocycles. The zero-order valence-electron chi connectivity index (χ0n) is 15.3. The van der Waals surface area contributed by atoms with Crippen molar-refractivity contribution < 1.29 is 4.79 Å². The largest absolute Gasteiger partial charge is 0.381 e. The van der Waals surface area contributed by atoms with Crippen LogP contribution in [-0.2, 0) is 6.54 Å². The lowest BCUT2D eigenvalue weighted by molar-refractivity contribution is 0.102. The van der Waals surface area contributed by atoms with E-state index >= 15 is 0 Å². The number of nitrogens with zero attached hydrogens (tertiary/aromatic N) is 1. The highest BCUT2D eigenvalue weighted by molar-refractivity contribution is 6.04. The fraction of sp³-hybridized carbons (Fsp3) is 0.182. The van der Waals surface area contributed by atoms with Crippen molar-refractivity contribution in [1.29, 1.82) is 0 Å². The molecule has 0 aliphatic carbocycles. The highest BCUT2D eigenvalue weighted by atomic mass is 16.1. The SMILES string of the molecule is Cc1ccc(CNc2ccnc(C(=O)Nc3c(C)cccc3C)c2)cc1. The molecule has 0 spiro atoms. The minimum atomic E-state index is -0.207. The summed E-state index contributed by atoms with van der Waals surface area (Å²) >= 11 is 0. The van der Waals surface area contributed by atoms with Crippen LogP contribution in [0.15, 0.2) is 60.8 Å². The molecular formula is C22H23N3O. The molecular weight excluding hydrogens is 322 g/mol. The maximum absolute atomic E-state index is 12.6. The molecule has 2 N–H and O–H groups in total. The average molecular weight is 345 g/mol. The topological polar surface area (TPSA) is 54.0 Å². The molecule has 0 atom stereocenters. The van der Waals surface area contributed by atoms with Gasteiger partial charge in [0.2, 0.25) is 0 Å². The van der Waals surface area contributed by atoms with Gasteiger partial charge < -0.3 is 10.6 Å². The standard InChI is InChI=1S/C22H23N3O/c1-15-7-9-18(10-8-15)14-24-19-11-12-23-20(13-19)22(26)25-21-16(2)5-4-6-17(21)3/h4-13H,14H2,1-3H3,(H,23,24)(H,25,26). The monoisotopic (exact) mass is 345 g/mol. The molecule has 2 aromatic carbocycles. The van der Waals surface area contributed by atoms with Crippen LogP contribution in [0.2, 0.25) is 0 Å². The van der Waals surface area contributed by atoms with Gasteiger partial charge in [-0.1, -0.05) is 48.0 Å². The summed E-state index contributed by atoms with van der Waals surface area (Å²) in [4.78, 5) is 16.8. The van der Waals surface area contributed by atoms with Crippen LogP contribution in [0.3, 0.4) is 0 Å². The van der Waals surface area contributed by atoms with Gasteiger partial charge in [0, 0.05) is 24.1 Å². The first-order valence-electron chi connectivity index (χ1n) is 8.66. The van der Waals surface area contributed by atoms with Gasteiger partial charge in [0.1, 0.15) is 5.69 Å². The van der Waals surface area contributed by atoms with Crippen LogP contribution in [0, 0.1) is 20.8 Å². The van der Waals surface area contributed by atoms with Crippen LogP contribution in [0.25, 0.3) is 0 Å². The van der Waals surface area contributed by atoms with E-state index in [1.807, 2.05) is 38.1 Å². The van der Waals surface area contributed by atoms with Crippen LogP contribution in [0.1, 0.15) is 32.7 Å². The number of anilines is 2. The van der Waals surface area contributed by atoms with E-state index in [1.165, 1.54) is 11.1 Å². The number of pyridine rings is 1. The number of nitrogens with one attached hydrogen (secondary N) is 2. The Hall–Kier alpha value is -3.14. The second-order valence-electron chi connectivity index (χ2n) is 6.49. The Balaban J connectivity index is 1.70. The summed E-state index contributed by atoms with van der Waals surface area (Å²) in [5, 5.41) is 6.32. The van der Waals surface area contributed by atoms with Crippen molar-refractivity contribution in [3.63, 3.8) is 0 Å². The summed E-state index contributed by atoms with van der Waals surface area (Å²) in [6, 6.07) is 18.0. The van der Waals surface area contributed by atoms with E-state index in [0.717, 1.165) is 22.5 Å². The van der Waals surface area contributed by atoms with Crippen LogP contribution in [-0.4, -0.2) is 10.9 Å². The Morgan fingerprint density at radius 3 is 2.35 bits per heavy atom. The lowest BCUT2D eigenvalue weighted by Crippen LogP contribution is -2.15. The Labute approximate surface area is 154 Å². The Kier molecular flexibility index (Phi) is 5.32. The summed E-state index contributed by atoms with van der Waals surface area (Å²) in [6.07, 6.45) is 1.65. The third-order valence-electron chi connectivity index (χ3n) is 4.33. The quantitative estimate of drug-likeness (QED) is 0.693. The molecule has 0 fully saturated rings. The molecule has 3 rings (SSSR count). The molecule has 4 nitrogen and oxygen atoms in total. The van der Waals surface area contributed by atoms with Crippen molar-refractivity contribution in [2.75, 3.05) is 10.6 Å². The molecule has 0 aliphatic heterocycles. The summed E-state index contributed by atoms with van der Waals surface area (Å²) in [6.45, 7) is 6.73. The normalized spacial score (nSPS) is 10.4. The highest BCUT2D eigenvalue weighted by Gasteiger charge is 2.11. The minimum Gasteiger partial charge on any atom is -0.381 e. The van der Waals surface area contributed by atoms with Gasteiger partial charge in [-0.25, -0.2) is 0 Å². The van der Waals surface area contributed by atoms with Crippen molar-refractivity contribution in [3.05, 3.63) is 88.7 Å². The van der Waals surface area contributed by atoms with Crippen LogP contribution < -0.4 is 10.6 Å². The second kappa shape index (κ2) is 7.83. The summed E-state index contributed by atoms with van der Waals surface area (Å²) in [7, 11) is 0. The molecule has 1 heterocycles. The van der Waals surface area contributed by atoms with Gasteiger partial charge in [-0.05, 0) is 49.6 Å². The molecule has 1 amide bonds. The number of aryl methyl sites for hydroxylation is 3. The number of hydrogen-bond acceptors (Lipinski definition) is 3. The second-order valence-corrected chi connectivity index (χ2v) is 6.49. The number of carbonyl (C=O) groups is 1. The summed E-state index contributed by atoms with van der Waals surface area (Å²) in [5.74, 6) is -0.207. The van der Waals surface area contributed by atoms with Crippen LogP contribution in [0.5, 0.6) is 0 Å². The van der Waals surface area contributed by atoms with Gasteiger partial charge >= 0.3 is 0 Å². The van der Waals surface area contributed by atoms with Gasteiger partial charge in [-0.15, -0.1) is 0 Å². The first kappa shape index (κ1) is 17.7. The van der Waals surface area contributed by atoms with E-state index in [9.17, 15) is 4.79 Å². The van der Waals surface area contributed by atoms with E-state index in [-0.39, 0.29) is 5.91 Å². The molecule has 4 heteroatoms. The van der Waals surface area contributed by atoms with Gasteiger partial charge in [-0.2, -0.15) is 0 Å². The number of hydrogen-bond donors (Lipinski definition) is 2. The van der Waals surface area contributed by atoms with Crippen LogP contribution >= 0.6 is 0 Å². The van der Waals surface area contributed by atoms with E-state index in [0.29, 0.717) is 12.2 Å². The number of aromatic nitrogens is 1. The number of benzene rings is 2. The van der Waals surface area contributed by atoms with Crippen LogP contribution in [0.4, 0.5) is 11.4 Å². The predicted octanol–water partition coefficient (Wildman–Crippen LogP) is 4.87. The molecule has 0 radical (unpaired) electrons. The molecule has 0 saturated heterocycles. The van der Waals surface area contributed by atoms with Crippen molar-refractivity contribution in [2.45, 2.75) is 27.3 Å². The maximum atomic E-state index is 12.6. The minimum absolute atomic E-state index is 0.207. The van der Waals surface area contributed by atoms with E-state index in [1.54, 1.807) is 12.3 Å². The van der Waals surface area contributed by atoms with Crippen molar-refractivity contribution in [1.82, 2.24) is 4.98 Å². The number of carbonyl (C=O) groups excluding carboxylic acids is 1. The number of rotatable bonds is 5. The Morgan fingerprint density at radius 1 is 0.962 bits per heavy atom. The molecule has 0 aliphatic rings. The fourth-order valence-corrected chi connectivity index (χ4v) is 2.76. The van der Waals surface area contributed by atoms with E-state index in [4.69, 9.17) is 0 Å². The predicted molar refractivity (Wildman–Crippen MR) is 107 cm³/mol. The average Bonchev–Trinajstić information content (AvgIpc) is 2.64. The highest BCUT2D eigenvalue weighted by Crippen LogP contribution is 2.20. The Bertz CT molecular complexity index is 897. The van der Waals surface area contributed by atoms with E-state index < -0.39 is 0 Å². The maximum Gasteiger partial charge on any atom is 0.274 e. The smallest absolute Gasteiger partial charge is 0.274 e. The van der Waals surface area contributed by atoms with Gasteiger partial charge in [0.15, 0.2) is 0 Å². The lowest BCUT2D eigenvalue weighted by atomic mass is 10.1. The van der Waals surface area contributed by atoms with Crippen molar-refractivity contribution in [3.8, 4) is 0 Å². The molecule has 0 saturated carbocycles. The molecule has 3 aromatic rings. The summed E-state index contributed by atoms with van der Waals surface area (Å²) in [5.41, 5.74) is 6.60. The first-order chi connectivity index (χ1) is 12.5. The van der Waals surface area contributed by atoms with Crippen molar-refractivity contribution in [2.24, 2.45) is 0 Å². The third kappa shape index (κ3) is 4.28. The molecule has 0 unspecified atom stereocenters. The number of para-hydroxylation sites is 1. The third-order valence-corrected chi connectivity index (χ3v) is 4.33. The summed E-state index contributed by atoms with van der Waals surface area (Å²) < 4.78 is 0. The van der Waals surface area contributed by atoms with Crippen molar-refractivity contribution >= 4 is 17.3 Å². The molecule has 0 bridgehead atoms. The zero-order chi connectivity index (χ0) is 18.5. The Morgan fingerprint density at radius 2 is 1.65 bits per heavy atom. The molecule has 26 heavy (non-hydrogen) atoms. The number of amides is 1. The lowest BCUT2D eigenvalue weighted by Gasteiger charge is -2.12. The van der Waals surface area contributed by atoms with Gasteiger partial charge in [0.05, 0.1) is 0 Å². The van der Waals surface area contributed by atoms with E-state index in [2.05, 4.69) is 46.8 Å². The first-order valence-corrected chi connectivity index (χ1v) is 8.66. The fourth-order valence-electron chi connectivity index (χ4n) is 2.76. The van der Waals surface area contributed by atoms with Gasteiger partial charge in [-0.3, -0.25) is 9.78 Å². The zero-order valence-corrected chi connectivity index (χ0v) is 15.3. The molecule has 132 valence electrons. The van der Waals surface area contributed by atoms with Gasteiger partial charge in [0.25, 0.3) is 5.91 Å².